The summed E-state index contributed by atoms with van der Waals surface area (Å²) >= 11 is 1.49. The molecule has 1 atom stereocenters. The standard InChI is InChI=1S/C43H61N3O5S/c1-7-9-10-11-12-13-14-15-16-17-18-19-20-24-32-25-23-28-36(51-30(3)4)38(32)40-37(41(47)49-6)31(5)44-35(39(40)42(48)50-8-2)29-52-43-45-33-26-21-22-27-34(33)46-43/h21-23,25-28,30,40,44H,7-20,24,29H2,1-6H3,(H,45,46). The van der Waals surface area contributed by atoms with Crippen LogP contribution in [0.3, 0.4) is 0 Å². The van der Waals surface area contributed by atoms with Gasteiger partial charge < -0.3 is 24.5 Å². The van der Waals surface area contributed by atoms with Crippen LogP contribution in [0.1, 0.15) is 135 Å². The molecule has 1 aliphatic rings. The van der Waals surface area contributed by atoms with E-state index < -0.39 is 17.9 Å². The second-order valence-electron chi connectivity index (χ2n) is 14.0. The highest BCUT2D eigenvalue weighted by Gasteiger charge is 2.41. The number of hydrogen-bond acceptors (Lipinski definition) is 8. The fourth-order valence-corrected chi connectivity index (χ4v) is 7.95. The fraction of sp³-hybridized carbons (Fsp3) is 0.558. The topological polar surface area (TPSA) is 103 Å². The van der Waals surface area contributed by atoms with Crippen LogP contribution in [0, 0.1) is 0 Å². The summed E-state index contributed by atoms with van der Waals surface area (Å²) in [4.78, 5) is 35.8. The molecule has 0 amide bonds. The number of nitrogens with one attached hydrogen (secondary N) is 2. The molecule has 0 saturated heterocycles. The number of aromatic amines is 1. The Hall–Kier alpha value is -3.72. The number of unbranched alkanes of at least 4 members (excludes halogenated alkanes) is 12. The zero-order valence-corrected chi connectivity index (χ0v) is 33.2. The first-order chi connectivity index (χ1) is 25.3. The SMILES string of the molecule is CCCCCCCCCCCCCCCc1cccc(OC(C)C)c1C1C(C(=O)OC)=C(C)NC(CSc2nc3ccccc3[nH]2)=C1C(=O)OCC. The number of aromatic nitrogens is 2. The van der Waals surface area contributed by atoms with Crippen molar-refractivity contribution in [3.63, 3.8) is 0 Å². The van der Waals surface area contributed by atoms with Gasteiger partial charge in [-0.05, 0) is 64.3 Å². The molecular formula is C43H61N3O5S. The Labute approximate surface area is 315 Å². The van der Waals surface area contributed by atoms with Gasteiger partial charge in [-0.3, -0.25) is 0 Å². The number of esters is 2. The van der Waals surface area contributed by atoms with Crippen LogP contribution in [-0.4, -0.2) is 47.5 Å². The summed E-state index contributed by atoms with van der Waals surface area (Å²) in [6.07, 6.45) is 17.4. The third kappa shape index (κ3) is 11.6. The van der Waals surface area contributed by atoms with Crippen LogP contribution in [0.2, 0.25) is 0 Å². The van der Waals surface area contributed by atoms with E-state index in [2.05, 4.69) is 23.3 Å². The van der Waals surface area contributed by atoms with Gasteiger partial charge in [0.2, 0.25) is 0 Å². The molecule has 4 rings (SSSR count). The molecule has 1 aliphatic heterocycles. The molecule has 0 radical (unpaired) electrons. The van der Waals surface area contributed by atoms with Crippen molar-refractivity contribution in [3.05, 3.63) is 76.1 Å². The third-order valence-corrected chi connectivity index (χ3v) is 10.5. The molecule has 1 unspecified atom stereocenters. The Balaban J connectivity index is 1.59. The Morgan fingerprint density at radius 1 is 0.827 bits per heavy atom. The molecule has 2 aromatic carbocycles. The first-order valence-corrected chi connectivity index (χ1v) is 20.6. The third-order valence-electron chi connectivity index (χ3n) is 9.62. The number of thioether (sulfide) groups is 1. The minimum Gasteiger partial charge on any atom is -0.491 e. The molecule has 3 aromatic rings. The number of methoxy groups -OCH3 is 1. The summed E-state index contributed by atoms with van der Waals surface area (Å²) in [5, 5.41) is 4.14. The summed E-state index contributed by atoms with van der Waals surface area (Å²) in [5.74, 6) is -0.648. The molecule has 2 heterocycles. The van der Waals surface area contributed by atoms with Crippen molar-refractivity contribution < 1.29 is 23.8 Å². The van der Waals surface area contributed by atoms with Gasteiger partial charge in [-0.25, -0.2) is 14.6 Å². The van der Waals surface area contributed by atoms with Crippen LogP contribution in [0.5, 0.6) is 5.75 Å². The lowest BCUT2D eigenvalue weighted by atomic mass is 9.77. The van der Waals surface area contributed by atoms with Gasteiger partial charge in [0, 0.05) is 22.7 Å². The van der Waals surface area contributed by atoms with Gasteiger partial charge >= 0.3 is 11.9 Å². The Bertz CT molecular complexity index is 1630. The quantitative estimate of drug-likeness (QED) is 0.0564. The van der Waals surface area contributed by atoms with E-state index in [9.17, 15) is 9.59 Å². The number of imidazole rings is 1. The predicted molar refractivity (Wildman–Crippen MR) is 213 cm³/mol. The lowest BCUT2D eigenvalue weighted by Gasteiger charge is -2.33. The van der Waals surface area contributed by atoms with Gasteiger partial charge in [-0.15, -0.1) is 0 Å². The van der Waals surface area contributed by atoms with Crippen LogP contribution < -0.4 is 10.1 Å². The van der Waals surface area contributed by atoms with E-state index in [0.29, 0.717) is 34.0 Å². The number of nitrogens with zero attached hydrogens (tertiary/aromatic N) is 1. The molecule has 0 spiro atoms. The average Bonchev–Trinajstić information content (AvgIpc) is 3.55. The Morgan fingerprint density at radius 2 is 1.48 bits per heavy atom. The van der Waals surface area contributed by atoms with Crippen LogP contribution in [0.4, 0.5) is 0 Å². The van der Waals surface area contributed by atoms with Gasteiger partial charge in [-0.2, -0.15) is 0 Å². The molecule has 0 fully saturated rings. The van der Waals surface area contributed by atoms with Gasteiger partial charge in [-0.1, -0.05) is 120 Å². The highest BCUT2D eigenvalue weighted by molar-refractivity contribution is 7.99. The summed E-state index contributed by atoms with van der Waals surface area (Å²) in [6, 6.07) is 14.0. The molecule has 0 saturated carbocycles. The molecule has 8 nitrogen and oxygen atoms in total. The smallest absolute Gasteiger partial charge is 0.336 e. The van der Waals surface area contributed by atoms with E-state index in [1.807, 2.05) is 57.2 Å². The van der Waals surface area contributed by atoms with E-state index in [-0.39, 0.29) is 12.7 Å². The number of dihydropyridines is 1. The number of carbonyl (C=O) groups is 2. The number of ether oxygens (including phenoxy) is 3. The largest absolute Gasteiger partial charge is 0.491 e. The zero-order chi connectivity index (χ0) is 37.3. The van der Waals surface area contributed by atoms with Gasteiger partial charge in [0.25, 0.3) is 0 Å². The second-order valence-corrected chi connectivity index (χ2v) is 15.0. The molecular weight excluding hydrogens is 671 g/mol. The Kier molecular flexibility index (Phi) is 17.1. The highest BCUT2D eigenvalue weighted by Crippen LogP contribution is 2.46. The normalized spacial score (nSPS) is 14.6. The summed E-state index contributed by atoms with van der Waals surface area (Å²) in [7, 11) is 1.38. The number of hydrogen-bond donors (Lipinski definition) is 2. The molecule has 9 heteroatoms. The maximum Gasteiger partial charge on any atom is 0.336 e. The van der Waals surface area contributed by atoms with Crippen molar-refractivity contribution >= 4 is 34.7 Å². The van der Waals surface area contributed by atoms with E-state index in [4.69, 9.17) is 19.2 Å². The van der Waals surface area contributed by atoms with Crippen molar-refractivity contribution in [2.45, 2.75) is 142 Å². The molecule has 2 N–H and O–H groups in total. The number of benzene rings is 2. The number of rotatable bonds is 23. The monoisotopic (exact) mass is 731 g/mol. The minimum atomic E-state index is -0.744. The number of para-hydroxylation sites is 2. The first kappa shape index (κ1) is 41.0. The maximum atomic E-state index is 14.1. The number of allylic oxidation sites excluding steroid dienone is 1. The maximum absolute atomic E-state index is 14.1. The predicted octanol–water partition coefficient (Wildman–Crippen LogP) is 10.7. The van der Waals surface area contributed by atoms with E-state index in [1.165, 1.54) is 89.5 Å². The lowest BCUT2D eigenvalue weighted by molar-refractivity contribution is -0.139. The molecule has 1 aromatic heterocycles. The van der Waals surface area contributed by atoms with Crippen LogP contribution >= 0.6 is 11.8 Å². The summed E-state index contributed by atoms with van der Waals surface area (Å²) < 4.78 is 17.5. The molecule has 52 heavy (non-hydrogen) atoms. The van der Waals surface area contributed by atoms with Gasteiger partial charge in [0.1, 0.15) is 5.75 Å². The first-order valence-electron chi connectivity index (χ1n) is 19.6. The second kappa shape index (κ2) is 21.7. The minimum absolute atomic E-state index is 0.114. The van der Waals surface area contributed by atoms with Crippen molar-refractivity contribution in [1.29, 1.82) is 0 Å². The summed E-state index contributed by atoms with van der Waals surface area (Å²) in [6.45, 7) is 10.1. The fourth-order valence-electron chi connectivity index (χ4n) is 7.09. The van der Waals surface area contributed by atoms with Crippen molar-refractivity contribution in [2.75, 3.05) is 19.5 Å². The van der Waals surface area contributed by atoms with Gasteiger partial charge in [0.05, 0.1) is 47.9 Å². The van der Waals surface area contributed by atoms with Crippen LogP contribution in [0.15, 0.2) is 70.2 Å². The number of aryl methyl sites for hydroxylation is 1. The van der Waals surface area contributed by atoms with Gasteiger partial charge in [0.15, 0.2) is 5.16 Å². The average molecular weight is 732 g/mol. The van der Waals surface area contributed by atoms with E-state index >= 15 is 0 Å². The number of carbonyl (C=O) groups excluding carboxylic acids is 2. The Morgan fingerprint density at radius 3 is 2.10 bits per heavy atom. The zero-order valence-electron chi connectivity index (χ0n) is 32.4. The molecule has 284 valence electrons. The van der Waals surface area contributed by atoms with Crippen molar-refractivity contribution in [2.24, 2.45) is 0 Å². The number of H-pyrrole nitrogens is 1. The van der Waals surface area contributed by atoms with Crippen LogP contribution in [-0.2, 0) is 25.5 Å². The van der Waals surface area contributed by atoms with Crippen molar-refractivity contribution in [3.8, 4) is 5.75 Å². The molecule has 0 aliphatic carbocycles. The summed E-state index contributed by atoms with van der Waals surface area (Å²) in [5.41, 5.74) is 5.79. The van der Waals surface area contributed by atoms with Crippen LogP contribution in [0.25, 0.3) is 11.0 Å². The molecule has 0 bridgehead atoms. The highest BCUT2D eigenvalue weighted by atomic mass is 32.2. The van der Waals surface area contributed by atoms with E-state index in [1.54, 1.807) is 6.92 Å². The number of fused-ring (bicyclic) bond motifs is 1. The lowest BCUT2D eigenvalue weighted by Crippen LogP contribution is -2.34. The van der Waals surface area contributed by atoms with E-state index in [0.717, 1.165) is 46.6 Å². The van der Waals surface area contributed by atoms with Crippen molar-refractivity contribution in [1.82, 2.24) is 15.3 Å².